The molecule has 3 N–H and O–H groups in total. The number of carbonyl (C=O) groups is 2. The number of benzene rings is 4. The van der Waals surface area contributed by atoms with Crippen molar-refractivity contribution in [1.82, 2.24) is 5.32 Å². The molecule has 0 saturated heterocycles. The molecule has 47 heavy (non-hydrogen) atoms. The zero-order valence-electron chi connectivity index (χ0n) is 24.0. The van der Waals surface area contributed by atoms with E-state index in [9.17, 15) is 32.3 Å². The number of nitrogens with one attached hydrogen (secondary N) is 2. The number of fused-ring (bicyclic) bond motifs is 1. The predicted molar refractivity (Wildman–Crippen MR) is 163 cm³/mol. The molecule has 246 valence electrons. The fraction of sp³-hybridized carbons (Fsp3) is 0.212. The van der Waals surface area contributed by atoms with Gasteiger partial charge in [0.2, 0.25) is 0 Å². The summed E-state index contributed by atoms with van der Waals surface area (Å²) >= 11 is 12.6. The normalized spacial score (nSPS) is 14.0. The van der Waals surface area contributed by atoms with Crippen molar-refractivity contribution in [2.75, 3.05) is 11.9 Å². The van der Waals surface area contributed by atoms with Crippen molar-refractivity contribution in [2.45, 2.75) is 37.5 Å². The number of ether oxygens (including phenoxy) is 1. The molecule has 0 saturated carbocycles. The van der Waals surface area contributed by atoms with Crippen LogP contribution >= 0.6 is 23.2 Å². The summed E-state index contributed by atoms with van der Waals surface area (Å²) in [5.74, 6) is -6.27. The van der Waals surface area contributed by atoms with Crippen LogP contribution in [0.25, 0.3) is 11.1 Å². The van der Waals surface area contributed by atoms with Gasteiger partial charge in [-0.05, 0) is 53.8 Å². The molecule has 0 spiro atoms. The average molecular weight is 697 g/mol. The summed E-state index contributed by atoms with van der Waals surface area (Å²) in [4.78, 5) is 25.2. The summed E-state index contributed by atoms with van der Waals surface area (Å²) in [6.45, 7) is 0.317. The van der Waals surface area contributed by atoms with Crippen LogP contribution in [0.4, 0.5) is 32.0 Å². The highest BCUT2D eigenvalue weighted by Gasteiger charge is 2.41. The second kappa shape index (κ2) is 13.7. The average Bonchev–Trinajstić information content (AvgIpc) is 2.99. The Kier molecular flexibility index (Phi) is 9.92. The number of aliphatic carboxylic acids is 1. The number of rotatable bonds is 9. The molecular weight excluding hydrogens is 673 g/mol. The summed E-state index contributed by atoms with van der Waals surface area (Å²) in [7, 11) is 0. The minimum absolute atomic E-state index is 0.0223. The van der Waals surface area contributed by atoms with Gasteiger partial charge in [0.25, 0.3) is 5.91 Å². The molecule has 0 unspecified atom stereocenters. The van der Waals surface area contributed by atoms with Gasteiger partial charge in [-0.15, -0.1) is 0 Å². The second-order valence-electron chi connectivity index (χ2n) is 10.7. The maximum atomic E-state index is 15.1. The van der Waals surface area contributed by atoms with Crippen molar-refractivity contribution in [1.29, 1.82) is 0 Å². The fourth-order valence-corrected chi connectivity index (χ4v) is 6.07. The number of anilines is 1. The van der Waals surface area contributed by atoms with Crippen LogP contribution in [0.2, 0.25) is 10.0 Å². The van der Waals surface area contributed by atoms with E-state index in [0.717, 1.165) is 12.1 Å². The number of hydrogen-bond donors (Lipinski definition) is 3. The Morgan fingerprint density at radius 1 is 0.936 bits per heavy atom. The van der Waals surface area contributed by atoms with Gasteiger partial charge in [-0.1, -0.05) is 65.7 Å². The lowest BCUT2D eigenvalue weighted by atomic mass is 9.90. The second-order valence-corrected chi connectivity index (χ2v) is 11.5. The molecule has 0 radical (unpaired) electrons. The van der Waals surface area contributed by atoms with Gasteiger partial charge in [0.05, 0.1) is 16.7 Å². The molecule has 0 fully saturated rings. The molecule has 5 rings (SSSR count). The van der Waals surface area contributed by atoms with Gasteiger partial charge >= 0.3 is 12.1 Å². The number of hydrogen-bond acceptors (Lipinski definition) is 4. The van der Waals surface area contributed by atoms with E-state index in [1.807, 2.05) is 0 Å². The van der Waals surface area contributed by atoms with Crippen molar-refractivity contribution in [3.05, 3.63) is 116 Å². The monoisotopic (exact) mass is 696 g/mol. The van der Waals surface area contributed by atoms with Crippen molar-refractivity contribution in [2.24, 2.45) is 0 Å². The molecule has 0 bridgehead atoms. The van der Waals surface area contributed by atoms with Gasteiger partial charge in [0, 0.05) is 23.2 Å². The molecule has 1 heterocycles. The lowest BCUT2D eigenvalue weighted by molar-refractivity contribution is -0.144. The minimum Gasteiger partial charge on any atom is -0.493 e. The van der Waals surface area contributed by atoms with E-state index in [2.05, 4.69) is 10.6 Å². The van der Waals surface area contributed by atoms with Crippen molar-refractivity contribution in [3.8, 4) is 16.9 Å². The zero-order chi connectivity index (χ0) is 34.0. The summed E-state index contributed by atoms with van der Waals surface area (Å²) in [5, 5.41) is 14.1. The fourth-order valence-electron chi connectivity index (χ4n) is 5.41. The van der Waals surface area contributed by atoms with E-state index < -0.39 is 58.8 Å². The number of alkyl halides is 3. The Hall–Kier alpha value is -4.42. The van der Waals surface area contributed by atoms with Gasteiger partial charge in [0.15, 0.2) is 0 Å². The van der Waals surface area contributed by atoms with Gasteiger partial charge < -0.3 is 20.5 Å². The van der Waals surface area contributed by atoms with Crippen molar-refractivity contribution >= 4 is 40.8 Å². The van der Waals surface area contributed by atoms with Crippen molar-refractivity contribution in [3.63, 3.8) is 0 Å². The Morgan fingerprint density at radius 2 is 1.57 bits per heavy atom. The van der Waals surface area contributed by atoms with Crippen LogP contribution in [-0.2, 0) is 17.6 Å². The predicted octanol–water partition coefficient (Wildman–Crippen LogP) is 8.54. The summed E-state index contributed by atoms with van der Waals surface area (Å²) in [6, 6.07) is 8.97. The van der Waals surface area contributed by atoms with Gasteiger partial charge in [-0.25, -0.2) is 18.0 Å². The Balaban J connectivity index is 1.40. The van der Waals surface area contributed by atoms with E-state index in [-0.39, 0.29) is 22.0 Å². The highest BCUT2D eigenvalue weighted by molar-refractivity contribution is 6.39. The molecular formula is C33H24Cl2F6N2O4. The van der Waals surface area contributed by atoms with E-state index in [1.165, 1.54) is 30.3 Å². The Bertz CT molecular complexity index is 1790. The first-order valence-electron chi connectivity index (χ1n) is 14.1. The molecule has 6 nitrogen and oxygen atoms in total. The van der Waals surface area contributed by atoms with E-state index >= 15 is 8.78 Å². The molecule has 2 atom stereocenters. The zero-order valence-corrected chi connectivity index (χ0v) is 25.5. The third-order valence-electron chi connectivity index (χ3n) is 7.52. The first-order chi connectivity index (χ1) is 22.2. The summed E-state index contributed by atoms with van der Waals surface area (Å²) in [5.41, 5.74) is -0.224. The van der Waals surface area contributed by atoms with Crippen LogP contribution in [0, 0.1) is 17.5 Å². The van der Waals surface area contributed by atoms with Gasteiger partial charge in [-0.2, -0.15) is 13.2 Å². The van der Waals surface area contributed by atoms with Crippen LogP contribution in [0.3, 0.4) is 0 Å². The molecule has 4 aromatic rings. The van der Waals surface area contributed by atoms with Crippen LogP contribution in [0.1, 0.15) is 39.5 Å². The molecule has 1 aliphatic rings. The number of halogens is 8. The van der Waals surface area contributed by atoms with Crippen LogP contribution < -0.4 is 15.4 Å². The Labute approximate surface area is 274 Å². The highest BCUT2D eigenvalue weighted by Crippen LogP contribution is 2.44. The van der Waals surface area contributed by atoms with Gasteiger partial charge in [-0.3, -0.25) is 4.79 Å². The van der Waals surface area contributed by atoms with E-state index in [1.54, 1.807) is 12.1 Å². The van der Waals surface area contributed by atoms with Crippen LogP contribution in [-0.4, -0.2) is 35.8 Å². The topological polar surface area (TPSA) is 87.7 Å². The maximum Gasteiger partial charge on any atom is 0.412 e. The summed E-state index contributed by atoms with van der Waals surface area (Å²) < 4.78 is 91.1. The lowest BCUT2D eigenvalue weighted by Gasteiger charge is -2.25. The smallest absolute Gasteiger partial charge is 0.412 e. The quantitative estimate of drug-likeness (QED) is 0.153. The first-order valence-corrected chi connectivity index (χ1v) is 14.8. The van der Waals surface area contributed by atoms with Crippen molar-refractivity contribution < 1.29 is 45.8 Å². The number of carboxylic acids is 1. The molecule has 14 heteroatoms. The highest BCUT2D eigenvalue weighted by atomic mass is 35.5. The molecule has 1 amide bonds. The molecule has 0 aliphatic carbocycles. The molecule has 0 aromatic heterocycles. The Morgan fingerprint density at radius 3 is 2.17 bits per heavy atom. The van der Waals surface area contributed by atoms with E-state index in [4.69, 9.17) is 27.9 Å². The molecule has 1 aliphatic heterocycles. The van der Waals surface area contributed by atoms with E-state index in [0.29, 0.717) is 59.6 Å². The van der Waals surface area contributed by atoms with Gasteiger partial charge in [0.1, 0.15) is 40.8 Å². The maximum absolute atomic E-state index is 15.1. The number of carbonyl (C=O) groups excluding carboxylic acids is 1. The molecule has 4 aromatic carbocycles. The third-order valence-corrected chi connectivity index (χ3v) is 8.12. The first kappa shape index (κ1) is 33.9. The van der Waals surface area contributed by atoms with Crippen LogP contribution in [0.5, 0.6) is 5.75 Å². The number of carboxylic acid groups (broad SMARTS) is 1. The largest absolute Gasteiger partial charge is 0.493 e. The van der Waals surface area contributed by atoms with Crippen LogP contribution in [0.15, 0.2) is 66.7 Å². The minimum atomic E-state index is -4.83. The summed E-state index contributed by atoms with van der Waals surface area (Å²) in [6.07, 6.45) is -4.16. The third kappa shape index (κ3) is 7.44. The standard InChI is InChI=1S/C33H24Cl2F6N2O4/c34-22-12-18(36)13-23(35)27(22)21-9-8-17(20-7-4-10-47-29(20)21)11-26(32(45)46)43-31(44)28-24(37)14-19(15-25(28)38)42-30(33(39,40)41)16-5-2-1-3-6-16/h1-3,5-6,8-9,12-15,26,30,42H,4,7,10-11H2,(H,43,44)(H,45,46)/t26-,30+/m0/s1. The lowest BCUT2D eigenvalue weighted by Crippen LogP contribution is -2.43. The number of amides is 1. The SMILES string of the molecule is O=C(N[C@@H](Cc1ccc(-c2c(Cl)cc(F)cc2Cl)c2c1CCCO2)C(=O)O)c1c(F)cc(N[C@H](c2ccccc2)C(F)(F)F)cc1F.